The van der Waals surface area contributed by atoms with Gasteiger partial charge in [-0.15, -0.1) is 0 Å². The van der Waals surface area contributed by atoms with Gasteiger partial charge in [-0.25, -0.2) is 9.78 Å². The molecule has 1 heterocycles. The van der Waals surface area contributed by atoms with Gasteiger partial charge in [0.2, 0.25) is 0 Å². The summed E-state index contributed by atoms with van der Waals surface area (Å²) in [6.07, 6.45) is 2.55. The van der Waals surface area contributed by atoms with Gasteiger partial charge in [-0.1, -0.05) is 26.0 Å². The molecule has 0 atom stereocenters. The zero-order chi connectivity index (χ0) is 12.3. The zero-order valence-corrected chi connectivity index (χ0v) is 10.2. The van der Waals surface area contributed by atoms with Crippen LogP contribution in [-0.4, -0.2) is 22.1 Å². The lowest BCUT2D eigenvalue weighted by Crippen LogP contribution is -2.29. The molecule has 0 aliphatic heterocycles. The Kier molecular flexibility index (Phi) is 3.42. The number of hydrogen-bond donors (Lipinski definition) is 1. The number of nitrogens with zero attached hydrogens (tertiary/aromatic N) is 2. The van der Waals surface area contributed by atoms with Crippen molar-refractivity contribution in [2.75, 3.05) is 6.54 Å². The summed E-state index contributed by atoms with van der Waals surface area (Å²) in [4.78, 5) is 16.1. The summed E-state index contributed by atoms with van der Waals surface area (Å²) in [6, 6.07) is 7.50. The molecule has 1 aromatic carbocycles. The Labute approximate surface area is 101 Å². The molecule has 0 bridgehead atoms. The number of imidazole rings is 1. The molecule has 4 heteroatoms. The van der Waals surface area contributed by atoms with E-state index < -0.39 is 0 Å². The predicted octanol–water partition coefficient (Wildman–Crippen LogP) is 2.64. The second kappa shape index (κ2) is 4.99. The molecular formula is C13H17N3O. The molecule has 0 saturated heterocycles. The molecule has 4 nitrogen and oxygen atoms in total. The molecule has 0 aliphatic carbocycles. The molecular weight excluding hydrogens is 214 g/mol. The first-order valence-electron chi connectivity index (χ1n) is 5.89. The summed E-state index contributed by atoms with van der Waals surface area (Å²) in [6.45, 7) is 4.97. The standard InChI is InChI=1S/C13H17N3O/c1-10(2)7-8-14-13(17)16-9-15-11-5-3-4-6-12(11)16/h3-6,9-10H,7-8H2,1-2H3,(H,14,17). The average molecular weight is 231 g/mol. The molecule has 2 rings (SSSR count). The van der Waals surface area contributed by atoms with Crippen molar-refractivity contribution in [2.45, 2.75) is 20.3 Å². The van der Waals surface area contributed by atoms with Crippen molar-refractivity contribution in [3.63, 3.8) is 0 Å². The van der Waals surface area contributed by atoms with Crippen molar-refractivity contribution in [3.8, 4) is 0 Å². The number of amides is 1. The van der Waals surface area contributed by atoms with Crippen LogP contribution in [0.3, 0.4) is 0 Å². The van der Waals surface area contributed by atoms with Gasteiger partial charge < -0.3 is 5.32 Å². The van der Waals surface area contributed by atoms with Gasteiger partial charge in [-0.2, -0.15) is 0 Å². The van der Waals surface area contributed by atoms with Crippen LogP contribution in [0, 0.1) is 5.92 Å². The molecule has 0 radical (unpaired) electrons. The van der Waals surface area contributed by atoms with Crippen LogP contribution in [0.2, 0.25) is 0 Å². The van der Waals surface area contributed by atoms with E-state index in [1.54, 1.807) is 10.9 Å². The quantitative estimate of drug-likeness (QED) is 0.882. The molecule has 2 aromatic rings. The minimum Gasteiger partial charge on any atom is -0.337 e. The van der Waals surface area contributed by atoms with E-state index in [4.69, 9.17) is 0 Å². The number of nitrogens with one attached hydrogen (secondary N) is 1. The minimum absolute atomic E-state index is 0.112. The number of hydrogen-bond acceptors (Lipinski definition) is 2. The van der Waals surface area contributed by atoms with Gasteiger partial charge >= 0.3 is 6.03 Å². The van der Waals surface area contributed by atoms with Crippen LogP contribution in [0.5, 0.6) is 0 Å². The van der Waals surface area contributed by atoms with Crippen LogP contribution in [0.15, 0.2) is 30.6 Å². The second-order valence-electron chi connectivity index (χ2n) is 4.52. The van der Waals surface area contributed by atoms with Crippen molar-refractivity contribution in [2.24, 2.45) is 5.92 Å². The topological polar surface area (TPSA) is 46.9 Å². The number of benzene rings is 1. The van der Waals surface area contributed by atoms with E-state index in [-0.39, 0.29) is 6.03 Å². The van der Waals surface area contributed by atoms with Gasteiger partial charge in [-0.3, -0.25) is 4.57 Å². The molecule has 0 fully saturated rings. The number of carbonyl (C=O) groups is 1. The highest BCUT2D eigenvalue weighted by molar-refractivity contribution is 5.88. The highest BCUT2D eigenvalue weighted by Crippen LogP contribution is 2.11. The van der Waals surface area contributed by atoms with E-state index in [0.29, 0.717) is 12.5 Å². The first-order chi connectivity index (χ1) is 8.18. The Hall–Kier alpha value is -1.84. The number of aromatic nitrogens is 2. The molecule has 1 aromatic heterocycles. The van der Waals surface area contributed by atoms with Crippen LogP contribution in [0.4, 0.5) is 4.79 Å². The highest BCUT2D eigenvalue weighted by Gasteiger charge is 2.08. The smallest absolute Gasteiger partial charge is 0.327 e. The van der Waals surface area contributed by atoms with Crippen molar-refractivity contribution >= 4 is 17.1 Å². The average Bonchev–Trinajstić information content (AvgIpc) is 2.72. The van der Waals surface area contributed by atoms with E-state index in [2.05, 4.69) is 24.1 Å². The van der Waals surface area contributed by atoms with E-state index in [1.165, 1.54) is 0 Å². The van der Waals surface area contributed by atoms with E-state index >= 15 is 0 Å². The number of para-hydroxylation sites is 2. The zero-order valence-electron chi connectivity index (χ0n) is 10.2. The lowest BCUT2D eigenvalue weighted by Gasteiger charge is -2.07. The fourth-order valence-corrected chi connectivity index (χ4v) is 1.67. The Bertz CT molecular complexity index is 516. The Morgan fingerprint density at radius 1 is 1.41 bits per heavy atom. The molecule has 0 unspecified atom stereocenters. The summed E-state index contributed by atoms with van der Waals surface area (Å²) in [7, 11) is 0. The lowest BCUT2D eigenvalue weighted by molar-refractivity contribution is 0.242. The summed E-state index contributed by atoms with van der Waals surface area (Å²) in [5.41, 5.74) is 1.68. The third-order valence-corrected chi connectivity index (χ3v) is 2.67. The van der Waals surface area contributed by atoms with Gasteiger partial charge in [0.1, 0.15) is 6.33 Å². The fourth-order valence-electron chi connectivity index (χ4n) is 1.67. The molecule has 1 amide bonds. The maximum absolute atomic E-state index is 11.9. The van der Waals surface area contributed by atoms with Gasteiger partial charge in [0.15, 0.2) is 0 Å². The summed E-state index contributed by atoms with van der Waals surface area (Å²) >= 11 is 0. The van der Waals surface area contributed by atoms with Gasteiger partial charge in [0.05, 0.1) is 11.0 Å². The minimum atomic E-state index is -0.112. The molecule has 0 spiro atoms. The first kappa shape index (κ1) is 11.6. The molecule has 0 saturated carbocycles. The largest absolute Gasteiger partial charge is 0.337 e. The number of fused-ring (bicyclic) bond motifs is 1. The van der Waals surface area contributed by atoms with Crippen molar-refractivity contribution in [3.05, 3.63) is 30.6 Å². The monoisotopic (exact) mass is 231 g/mol. The Morgan fingerprint density at radius 3 is 2.94 bits per heavy atom. The van der Waals surface area contributed by atoms with E-state index in [1.807, 2.05) is 24.3 Å². The van der Waals surface area contributed by atoms with Crippen molar-refractivity contribution in [1.29, 1.82) is 0 Å². The summed E-state index contributed by atoms with van der Waals surface area (Å²) in [5, 5.41) is 2.89. The fraction of sp³-hybridized carbons (Fsp3) is 0.385. The predicted molar refractivity (Wildman–Crippen MR) is 68.0 cm³/mol. The van der Waals surface area contributed by atoms with E-state index in [0.717, 1.165) is 17.5 Å². The lowest BCUT2D eigenvalue weighted by atomic mass is 10.1. The van der Waals surface area contributed by atoms with Crippen LogP contribution < -0.4 is 5.32 Å². The first-order valence-corrected chi connectivity index (χ1v) is 5.89. The maximum Gasteiger partial charge on any atom is 0.327 e. The number of rotatable bonds is 3. The highest BCUT2D eigenvalue weighted by atomic mass is 16.2. The van der Waals surface area contributed by atoms with Crippen LogP contribution in [0.25, 0.3) is 11.0 Å². The SMILES string of the molecule is CC(C)CCNC(=O)n1cnc2ccccc21. The number of carbonyl (C=O) groups excluding carboxylic acids is 1. The normalized spacial score (nSPS) is 11.0. The van der Waals surface area contributed by atoms with Crippen LogP contribution >= 0.6 is 0 Å². The second-order valence-corrected chi connectivity index (χ2v) is 4.52. The molecule has 0 aliphatic rings. The summed E-state index contributed by atoms with van der Waals surface area (Å²) in [5.74, 6) is 0.592. The molecule has 1 N–H and O–H groups in total. The van der Waals surface area contributed by atoms with Crippen LogP contribution in [-0.2, 0) is 0 Å². The van der Waals surface area contributed by atoms with Gasteiger partial charge in [0.25, 0.3) is 0 Å². The van der Waals surface area contributed by atoms with Gasteiger partial charge in [-0.05, 0) is 24.5 Å². The Balaban J connectivity index is 2.09. The third kappa shape index (κ3) is 2.64. The third-order valence-electron chi connectivity index (χ3n) is 2.67. The summed E-state index contributed by atoms with van der Waals surface area (Å²) < 4.78 is 1.55. The van der Waals surface area contributed by atoms with E-state index in [9.17, 15) is 4.79 Å². The van der Waals surface area contributed by atoms with Gasteiger partial charge in [0, 0.05) is 6.54 Å². The van der Waals surface area contributed by atoms with Crippen LogP contribution in [0.1, 0.15) is 20.3 Å². The molecule has 17 heavy (non-hydrogen) atoms. The van der Waals surface area contributed by atoms with Crippen molar-refractivity contribution in [1.82, 2.24) is 14.9 Å². The molecule has 90 valence electrons. The Morgan fingerprint density at radius 2 is 2.18 bits per heavy atom. The van der Waals surface area contributed by atoms with Crippen molar-refractivity contribution < 1.29 is 4.79 Å². The maximum atomic E-state index is 11.9.